The Morgan fingerprint density at radius 1 is 1.25 bits per heavy atom. The molecule has 0 bridgehead atoms. The first-order chi connectivity index (χ1) is 15.2. The van der Waals surface area contributed by atoms with Crippen molar-refractivity contribution < 1.29 is 28.2 Å². The summed E-state index contributed by atoms with van der Waals surface area (Å²) in [4.78, 5) is 30.7. The molecule has 2 aliphatic rings. The molecule has 1 aromatic carbocycles. The number of alkyl halides is 2. The van der Waals surface area contributed by atoms with E-state index < -0.39 is 24.3 Å². The van der Waals surface area contributed by atoms with Crippen molar-refractivity contribution in [1.82, 2.24) is 4.98 Å². The second-order valence-electron chi connectivity index (χ2n) is 8.02. The van der Waals surface area contributed by atoms with Crippen molar-refractivity contribution in [2.45, 2.75) is 37.6 Å². The van der Waals surface area contributed by atoms with Crippen LogP contribution in [0.4, 0.5) is 31.8 Å². The van der Waals surface area contributed by atoms with E-state index in [0.717, 1.165) is 30.6 Å². The molecule has 2 aromatic rings. The molecule has 1 aromatic heterocycles. The van der Waals surface area contributed by atoms with E-state index in [2.05, 4.69) is 10.3 Å². The molecule has 0 radical (unpaired) electrons. The standard InChI is InChI=1S/C22H24F2N4O4/c1-27-16-9-10-18(25-15-8-7-13(20(29)30)11-17(15)32-2)26-19(16)28(14-5-3-4-6-14)12-22(23,24)21(27)31/h7-11,14H,3-6,12H2,1-2H3,(H,25,26)(H,29,30). The normalized spacial score (nSPS) is 18.3. The lowest BCUT2D eigenvalue weighted by Gasteiger charge is -2.31. The lowest BCUT2D eigenvalue weighted by atomic mass is 10.1. The highest BCUT2D eigenvalue weighted by molar-refractivity contribution is 6.02. The Kier molecular flexibility index (Phi) is 5.62. The summed E-state index contributed by atoms with van der Waals surface area (Å²) in [7, 11) is 2.75. The monoisotopic (exact) mass is 446 g/mol. The number of amides is 1. The summed E-state index contributed by atoms with van der Waals surface area (Å²) < 4.78 is 34.7. The molecular weight excluding hydrogens is 422 g/mol. The molecule has 1 fully saturated rings. The minimum atomic E-state index is -3.53. The largest absolute Gasteiger partial charge is 0.495 e. The number of carboxylic acids is 1. The number of hydrogen-bond acceptors (Lipinski definition) is 6. The molecular formula is C22H24F2N4O4. The van der Waals surface area contributed by atoms with Crippen LogP contribution in [0.1, 0.15) is 36.0 Å². The zero-order chi connectivity index (χ0) is 23.0. The number of carbonyl (C=O) groups excluding carboxylic acids is 1. The van der Waals surface area contributed by atoms with Crippen LogP contribution in [-0.4, -0.2) is 54.6 Å². The number of anilines is 4. The molecule has 1 aliphatic heterocycles. The van der Waals surface area contributed by atoms with Crippen molar-refractivity contribution in [2.24, 2.45) is 0 Å². The lowest BCUT2D eigenvalue weighted by molar-refractivity contribution is -0.140. The third kappa shape index (κ3) is 3.92. The van der Waals surface area contributed by atoms with E-state index >= 15 is 0 Å². The number of nitrogens with one attached hydrogen (secondary N) is 1. The summed E-state index contributed by atoms with van der Waals surface area (Å²) in [6, 6.07) is 7.41. The molecule has 0 saturated heterocycles. The highest BCUT2D eigenvalue weighted by Crippen LogP contribution is 2.40. The maximum Gasteiger partial charge on any atom is 0.342 e. The second kappa shape index (κ2) is 8.25. The van der Waals surface area contributed by atoms with Crippen molar-refractivity contribution >= 4 is 34.9 Å². The third-order valence-corrected chi connectivity index (χ3v) is 5.95. The summed E-state index contributed by atoms with van der Waals surface area (Å²) >= 11 is 0. The molecule has 1 saturated carbocycles. The average Bonchev–Trinajstić information content (AvgIpc) is 3.29. The van der Waals surface area contributed by atoms with Gasteiger partial charge in [-0.1, -0.05) is 12.8 Å². The van der Waals surface area contributed by atoms with Gasteiger partial charge in [-0.05, 0) is 43.2 Å². The second-order valence-corrected chi connectivity index (χ2v) is 8.02. The van der Waals surface area contributed by atoms with Crippen molar-refractivity contribution in [3.05, 3.63) is 35.9 Å². The van der Waals surface area contributed by atoms with Crippen molar-refractivity contribution in [3.8, 4) is 5.75 Å². The fourth-order valence-electron chi connectivity index (χ4n) is 4.28. The molecule has 2 N–H and O–H groups in total. The summed E-state index contributed by atoms with van der Waals surface area (Å²) in [5.41, 5.74) is 0.857. The van der Waals surface area contributed by atoms with Gasteiger partial charge in [-0.2, -0.15) is 8.78 Å². The number of carbonyl (C=O) groups is 2. The SMILES string of the molecule is COc1cc(C(=O)O)ccc1Nc1ccc2c(n1)N(C1CCCC1)CC(F)(F)C(=O)N2C. The Morgan fingerprint density at radius 3 is 2.62 bits per heavy atom. The van der Waals surface area contributed by atoms with Crippen LogP contribution in [0, 0.1) is 0 Å². The molecule has 0 unspecified atom stereocenters. The van der Waals surface area contributed by atoms with E-state index in [1.165, 1.54) is 26.3 Å². The first-order valence-corrected chi connectivity index (χ1v) is 10.3. The van der Waals surface area contributed by atoms with Crippen LogP contribution in [0.2, 0.25) is 0 Å². The topological polar surface area (TPSA) is 95.0 Å². The highest BCUT2D eigenvalue weighted by atomic mass is 19.3. The third-order valence-electron chi connectivity index (χ3n) is 5.95. The number of aromatic carboxylic acids is 1. The number of rotatable bonds is 5. The van der Waals surface area contributed by atoms with Crippen molar-refractivity contribution in [3.63, 3.8) is 0 Å². The molecule has 10 heteroatoms. The molecule has 0 spiro atoms. The predicted molar refractivity (Wildman–Crippen MR) is 115 cm³/mol. The first kappa shape index (κ1) is 21.8. The van der Waals surface area contributed by atoms with Gasteiger partial charge in [-0.15, -0.1) is 0 Å². The minimum Gasteiger partial charge on any atom is -0.495 e. The van der Waals surface area contributed by atoms with Crippen LogP contribution in [0.3, 0.4) is 0 Å². The quantitative estimate of drug-likeness (QED) is 0.719. The predicted octanol–water partition coefficient (Wildman–Crippen LogP) is 3.89. The zero-order valence-corrected chi connectivity index (χ0v) is 17.8. The Bertz CT molecular complexity index is 1060. The van der Waals surface area contributed by atoms with Crippen LogP contribution in [0.5, 0.6) is 5.75 Å². The Morgan fingerprint density at radius 2 is 1.97 bits per heavy atom. The number of pyridine rings is 1. The van der Waals surface area contributed by atoms with Gasteiger partial charge in [0.2, 0.25) is 0 Å². The Balaban J connectivity index is 1.74. The summed E-state index contributed by atoms with van der Waals surface area (Å²) in [6.45, 7) is -0.721. The lowest BCUT2D eigenvalue weighted by Crippen LogP contribution is -2.48. The van der Waals surface area contributed by atoms with E-state index in [9.17, 15) is 23.5 Å². The molecule has 1 amide bonds. The summed E-state index contributed by atoms with van der Waals surface area (Å²) in [5.74, 6) is -4.89. The number of benzene rings is 1. The van der Waals surface area contributed by atoms with Gasteiger partial charge in [-0.25, -0.2) is 9.78 Å². The van der Waals surface area contributed by atoms with Gasteiger partial charge in [0.1, 0.15) is 11.6 Å². The van der Waals surface area contributed by atoms with Crippen LogP contribution in [-0.2, 0) is 4.79 Å². The number of hydrogen-bond donors (Lipinski definition) is 2. The number of ether oxygens (including phenoxy) is 1. The molecule has 2 heterocycles. The van der Waals surface area contributed by atoms with Crippen LogP contribution in [0.25, 0.3) is 0 Å². The fourth-order valence-corrected chi connectivity index (χ4v) is 4.28. The summed E-state index contributed by atoms with van der Waals surface area (Å²) in [6.07, 6.45) is 3.41. The van der Waals surface area contributed by atoms with E-state index in [0.29, 0.717) is 28.8 Å². The maximum absolute atomic E-state index is 14.7. The van der Waals surface area contributed by atoms with E-state index in [1.807, 2.05) is 0 Å². The Labute approximate surface area is 183 Å². The number of methoxy groups -OCH3 is 1. The van der Waals surface area contributed by atoms with E-state index in [-0.39, 0.29) is 11.6 Å². The van der Waals surface area contributed by atoms with Gasteiger partial charge in [0.05, 0.1) is 30.6 Å². The van der Waals surface area contributed by atoms with Gasteiger partial charge < -0.3 is 25.0 Å². The average molecular weight is 446 g/mol. The van der Waals surface area contributed by atoms with Crippen molar-refractivity contribution in [2.75, 3.05) is 35.8 Å². The number of aromatic nitrogens is 1. The maximum atomic E-state index is 14.7. The van der Waals surface area contributed by atoms with Crippen LogP contribution in [0.15, 0.2) is 30.3 Å². The first-order valence-electron chi connectivity index (χ1n) is 10.3. The van der Waals surface area contributed by atoms with Gasteiger partial charge >= 0.3 is 11.9 Å². The van der Waals surface area contributed by atoms with Crippen molar-refractivity contribution in [1.29, 1.82) is 0 Å². The molecule has 4 rings (SSSR count). The molecule has 1 aliphatic carbocycles. The van der Waals surface area contributed by atoms with E-state index in [4.69, 9.17) is 4.74 Å². The van der Waals surface area contributed by atoms with Crippen LogP contribution >= 0.6 is 0 Å². The number of carboxylic acid groups (broad SMARTS) is 1. The smallest absolute Gasteiger partial charge is 0.342 e. The zero-order valence-electron chi connectivity index (χ0n) is 17.8. The molecule has 8 nitrogen and oxygen atoms in total. The number of halogens is 2. The molecule has 170 valence electrons. The summed E-state index contributed by atoms with van der Waals surface area (Å²) in [5, 5.41) is 12.3. The number of nitrogens with zero attached hydrogens (tertiary/aromatic N) is 3. The number of fused-ring (bicyclic) bond motifs is 1. The van der Waals surface area contributed by atoms with Crippen LogP contribution < -0.4 is 19.9 Å². The fraction of sp³-hybridized carbons (Fsp3) is 0.409. The van der Waals surface area contributed by atoms with E-state index in [1.54, 1.807) is 23.1 Å². The Hall–Kier alpha value is -3.43. The van der Waals surface area contributed by atoms with Gasteiger partial charge in [0.15, 0.2) is 5.82 Å². The molecule has 32 heavy (non-hydrogen) atoms. The van der Waals surface area contributed by atoms with Gasteiger partial charge in [0.25, 0.3) is 5.91 Å². The van der Waals surface area contributed by atoms with Gasteiger partial charge in [-0.3, -0.25) is 4.79 Å². The minimum absolute atomic E-state index is 0.0667. The van der Waals surface area contributed by atoms with Gasteiger partial charge in [0, 0.05) is 13.1 Å². The highest BCUT2D eigenvalue weighted by Gasteiger charge is 2.48. The molecule has 0 atom stereocenters.